The van der Waals surface area contributed by atoms with Gasteiger partial charge in [-0.05, 0) is 52.1 Å². The zero-order valence-electron chi connectivity index (χ0n) is 17.9. The fourth-order valence-electron chi connectivity index (χ4n) is 3.15. The van der Waals surface area contributed by atoms with Gasteiger partial charge in [-0.3, -0.25) is 14.4 Å². The zero-order chi connectivity index (χ0) is 24.9. The summed E-state index contributed by atoms with van der Waals surface area (Å²) < 4.78 is 6.05. The van der Waals surface area contributed by atoms with Crippen LogP contribution in [-0.4, -0.2) is 45.6 Å². The molecule has 2 amide bonds. The van der Waals surface area contributed by atoms with Crippen molar-refractivity contribution in [2.45, 2.75) is 6.54 Å². The summed E-state index contributed by atoms with van der Waals surface area (Å²) in [6, 6.07) is 12.0. The Bertz CT molecular complexity index is 1440. The van der Waals surface area contributed by atoms with Gasteiger partial charge in [0.25, 0.3) is 17.4 Å². The molecule has 0 atom stereocenters. The molecule has 0 aliphatic carbocycles. The average molecular weight is 557 g/mol. The number of aromatic amines is 1. The molecule has 4 aromatic rings. The van der Waals surface area contributed by atoms with E-state index in [0.29, 0.717) is 27.8 Å². The van der Waals surface area contributed by atoms with Gasteiger partial charge >= 0.3 is 7.12 Å². The van der Waals surface area contributed by atoms with E-state index in [-0.39, 0.29) is 30.4 Å². The van der Waals surface area contributed by atoms with Crippen LogP contribution in [0.15, 0.2) is 62.5 Å². The molecule has 0 bridgehead atoms. The Hall–Kier alpha value is -3.52. The number of nitrogens with one attached hydrogen (secondary N) is 3. The fraction of sp³-hybridized carbons (Fsp3) is 0.0909. The minimum Gasteiger partial charge on any atom is -0.482 e. The number of H-pyrrole nitrogens is 1. The van der Waals surface area contributed by atoms with Crippen molar-refractivity contribution >= 4 is 68.3 Å². The van der Waals surface area contributed by atoms with Crippen molar-refractivity contribution in [2.24, 2.45) is 0 Å². The third-order valence-corrected chi connectivity index (χ3v) is 6.05. The summed E-state index contributed by atoms with van der Waals surface area (Å²) in [5.74, 6) is -0.219. The lowest BCUT2D eigenvalue weighted by Gasteiger charge is -2.18. The normalized spacial score (nSPS) is 12.0. The fourth-order valence-corrected chi connectivity index (χ4v) is 4.18. The predicted octanol–water partition coefficient (Wildman–Crippen LogP) is 1.37. The van der Waals surface area contributed by atoms with Crippen LogP contribution in [0, 0.1) is 0 Å². The molecule has 0 spiro atoms. The van der Waals surface area contributed by atoms with Crippen LogP contribution in [0.3, 0.4) is 0 Å². The van der Waals surface area contributed by atoms with Gasteiger partial charge in [-0.15, -0.1) is 0 Å². The van der Waals surface area contributed by atoms with E-state index in [1.807, 2.05) is 0 Å². The second kappa shape index (κ2) is 10.8. The Labute approximate surface area is 211 Å². The summed E-state index contributed by atoms with van der Waals surface area (Å²) >= 11 is 4.75. The zero-order valence-corrected chi connectivity index (χ0v) is 20.4. The van der Waals surface area contributed by atoms with Crippen molar-refractivity contribution in [1.82, 2.24) is 15.3 Å². The molecule has 0 unspecified atom stereocenters. The highest BCUT2D eigenvalue weighted by Crippen LogP contribution is 2.28. The van der Waals surface area contributed by atoms with E-state index in [2.05, 4.69) is 36.5 Å². The first-order valence-electron chi connectivity index (χ1n) is 10.2. The van der Waals surface area contributed by atoms with Gasteiger partial charge in [0.15, 0.2) is 12.4 Å². The van der Waals surface area contributed by atoms with Crippen LogP contribution in [-0.2, 0) is 11.3 Å². The Morgan fingerprint density at radius 2 is 2.03 bits per heavy atom. The number of fused-ring (bicyclic) bond motifs is 2. The molecule has 1 aliphatic rings. The molecule has 178 valence electrons. The molecule has 1 aliphatic heterocycles. The largest absolute Gasteiger partial charge is 0.489 e. The lowest BCUT2D eigenvalue weighted by molar-refractivity contribution is -0.118. The van der Waals surface area contributed by atoms with Crippen molar-refractivity contribution in [3.8, 4) is 5.75 Å². The van der Waals surface area contributed by atoms with E-state index in [9.17, 15) is 14.4 Å². The Kier molecular flexibility index (Phi) is 7.61. The van der Waals surface area contributed by atoms with Gasteiger partial charge in [-0.2, -0.15) is 11.3 Å². The van der Waals surface area contributed by atoms with Gasteiger partial charge in [-0.1, -0.05) is 28.1 Å². The van der Waals surface area contributed by atoms with E-state index in [0.717, 1.165) is 10.0 Å². The number of aromatic nitrogens is 2. The topological polar surface area (TPSA) is 154 Å². The molecule has 2 aromatic carbocycles. The molecule has 2 aromatic heterocycles. The van der Waals surface area contributed by atoms with Crippen LogP contribution < -0.4 is 26.4 Å². The van der Waals surface area contributed by atoms with Gasteiger partial charge in [0.2, 0.25) is 0 Å². The summed E-state index contributed by atoms with van der Waals surface area (Å²) in [5.41, 5.74) is 1.93. The summed E-state index contributed by atoms with van der Waals surface area (Å²) in [4.78, 5) is 42.6. The molecule has 5 rings (SSSR count). The Balaban J connectivity index is 0.000000308. The van der Waals surface area contributed by atoms with Gasteiger partial charge in [0, 0.05) is 11.0 Å². The highest BCUT2D eigenvalue weighted by Gasteiger charge is 2.17. The van der Waals surface area contributed by atoms with E-state index < -0.39 is 13.0 Å². The van der Waals surface area contributed by atoms with Gasteiger partial charge in [0.1, 0.15) is 5.75 Å². The number of halogens is 1. The first kappa shape index (κ1) is 24.6. The minimum absolute atomic E-state index is 0.0132. The number of carbonyl (C=O) groups is 2. The quantitative estimate of drug-likeness (QED) is 0.238. The number of benzene rings is 2. The van der Waals surface area contributed by atoms with Crippen molar-refractivity contribution in [3.63, 3.8) is 0 Å². The molecule has 3 heterocycles. The number of carbonyl (C=O) groups excluding carboxylic acids is 2. The third kappa shape index (κ3) is 6.14. The van der Waals surface area contributed by atoms with Crippen molar-refractivity contribution < 1.29 is 24.4 Å². The SMILES string of the molecule is O=C1COc2ccc(CNC(=O)c3nc4ccc(Br)cc4c(=O)[nH]3)cc2N1.OB(O)c1ccsc1. The average Bonchev–Trinajstić information content (AvgIpc) is 3.38. The molecular formula is C22H18BBrN4O6S. The van der Waals surface area contributed by atoms with Crippen LogP contribution >= 0.6 is 27.3 Å². The van der Waals surface area contributed by atoms with Crippen LogP contribution in [0.5, 0.6) is 5.75 Å². The lowest BCUT2D eigenvalue weighted by Crippen LogP contribution is -2.28. The van der Waals surface area contributed by atoms with E-state index in [4.69, 9.17) is 14.8 Å². The molecule has 10 nitrogen and oxygen atoms in total. The number of hydrogen-bond donors (Lipinski definition) is 5. The maximum atomic E-state index is 12.4. The molecule has 0 saturated heterocycles. The van der Waals surface area contributed by atoms with Gasteiger partial charge < -0.3 is 30.4 Å². The lowest BCUT2D eigenvalue weighted by atomic mass is 9.83. The standard InChI is InChI=1S/C18H13BrN4O4.C4H5BO2S/c19-10-2-3-12-11(6-10)17(25)23-16(22-12)18(26)20-7-9-1-4-14-13(5-9)21-15(24)8-27-14;6-5(7)4-1-2-8-3-4/h1-6H,7-8H2,(H,20,26)(H,21,24)(H,22,23,25);1-3,6-7H. The Morgan fingerprint density at radius 1 is 1.20 bits per heavy atom. The van der Waals surface area contributed by atoms with Crippen LogP contribution in [0.2, 0.25) is 0 Å². The smallest absolute Gasteiger partial charge is 0.482 e. The highest BCUT2D eigenvalue weighted by molar-refractivity contribution is 9.10. The minimum atomic E-state index is -1.30. The predicted molar refractivity (Wildman–Crippen MR) is 136 cm³/mol. The van der Waals surface area contributed by atoms with Crippen LogP contribution in [0.1, 0.15) is 16.2 Å². The summed E-state index contributed by atoms with van der Waals surface area (Å²) in [6.07, 6.45) is 0. The number of thiophene rings is 1. The first-order chi connectivity index (χ1) is 16.8. The molecule has 13 heteroatoms. The maximum absolute atomic E-state index is 12.4. The van der Waals surface area contributed by atoms with Gasteiger partial charge in [-0.25, -0.2) is 4.98 Å². The van der Waals surface area contributed by atoms with E-state index >= 15 is 0 Å². The molecular weight excluding hydrogens is 539 g/mol. The van der Waals surface area contributed by atoms with E-state index in [1.165, 1.54) is 11.3 Å². The maximum Gasteiger partial charge on any atom is 0.489 e. The number of hydrogen-bond acceptors (Lipinski definition) is 8. The first-order valence-corrected chi connectivity index (χ1v) is 12.0. The second-order valence-electron chi connectivity index (χ2n) is 7.36. The molecule has 5 N–H and O–H groups in total. The van der Waals surface area contributed by atoms with Crippen LogP contribution in [0.4, 0.5) is 5.69 Å². The molecule has 0 radical (unpaired) electrons. The van der Waals surface area contributed by atoms with Crippen molar-refractivity contribution in [1.29, 1.82) is 0 Å². The highest BCUT2D eigenvalue weighted by atomic mass is 79.9. The van der Waals surface area contributed by atoms with Crippen molar-refractivity contribution in [2.75, 3.05) is 11.9 Å². The Morgan fingerprint density at radius 3 is 2.74 bits per heavy atom. The summed E-state index contributed by atoms with van der Waals surface area (Å²) in [5, 5.41) is 26.3. The summed E-state index contributed by atoms with van der Waals surface area (Å²) in [7, 11) is -1.30. The molecule has 35 heavy (non-hydrogen) atoms. The number of rotatable bonds is 4. The summed E-state index contributed by atoms with van der Waals surface area (Å²) in [6.45, 7) is 0.185. The second-order valence-corrected chi connectivity index (χ2v) is 9.05. The molecule has 0 fully saturated rings. The number of ether oxygens (including phenoxy) is 1. The number of anilines is 1. The number of nitrogens with zero attached hydrogens (tertiary/aromatic N) is 1. The van der Waals surface area contributed by atoms with Crippen LogP contribution in [0.25, 0.3) is 10.9 Å². The van der Waals surface area contributed by atoms with E-state index in [1.54, 1.807) is 53.2 Å². The third-order valence-electron chi connectivity index (χ3n) is 4.85. The monoisotopic (exact) mass is 556 g/mol. The van der Waals surface area contributed by atoms with Crippen molar-refractivity contribution in [3.05, 3.63) is 79.4 Å². The molecule has 0 saturated carbocycles. The number of amides is 2. The van der Waals surface area contributed by atoms with Gasteiger partial charge in [0.05, 0.1) is 16.6 Å².